The summed E-state index contributed by atoms with van der Waals surface area (Å²) >= 11 is 9.72. The molecule has 2 aromatic rings. The molecule has 0 N–H and O–H groups in total. The topological polar surface area (TPSA) is 34.9 Å². The number of carbonyl (C=O) groups is 1. The third-order valence-electron chi connectivity index (χ3n) is 3.21. The summed E-state index contributed by atoms with van der Waals surface area (Å²) in [5.74, 6) is 0.129. The fourth-order valence-electron chi connectivity index (χ4n) is 2.12. The second-order valence-corrected chi connectivity index (χ2v) is 5.90. The van der Waals surface area contributed by atoms with Gasteiger partial charge in [0.1, 0.15) is 5.78 Å². The Bertz CT molecular complexity index is 637. The summed E-state index contributed by atoms with van der Waals surface area (Å²) in [6, 6.07) is 7.75. The van der Waals surface area contributed by atoms with Crippen LogP contribution in [0.15, 0.2) is 28.7 Å². The normalized spacial score (nSPS) is 10.8. The Morgan fingerprint density at radius 3 is 2.65 bits per heavy atom. The van der Waals surface area contributed by atoms with E-state index in [1.54, 1.807) is 4.68 Å². The highest BCUT2D eigenvalue weighted by Crippen LogP contribution is 2.22. The number of nitrogens with zero attached hydrogens (tertiary/aromatic N) is 2. The van der Waals surface area contributed by atoms with Crippen molar-refractivity contribution >= 4 is 33.3 Å². The van der Waals surface area contributed by atoms with E-state index >= 15 is 0 Å². The maximum absolute atomic E-state index is 12.2. The van der Waals surface area contributed by atoms with E-state index in [1.165, 1.54) is 0 Å². The maximum Gasteiger partial charge on any atom is 0.143 e. The van der Waals surface area contributed by atoms with Crippen LogP contribution in [-0.4, -0.2) is 15.6 Å². The highest BCUT2D eigenvalue weighted by atomic mass is 79.9. The first-order chi connectivity index (χ1) is 9.52. The van der Waals surface area contributed by atoms with Crippen LogP contribution in [0.2, 0.25) is 5.02 Å². The summed E-state index contributed by atoms with van der Waals surface area (Å²) in [5.41, 5.74) is 2.63. The van der Waals surface area contributed by atoms with Gasteiger partial charge >= 0.3 is 0 Å². The van der Waals surface area contributed by atoms with Gasteiger partial charge in [0.25, 0.3) is 0 Å². The Morgan fingerprint density at radius 2 is 2.05 bits per heavy atom. The van der Waals surface area contributed by atoms with E-state index in [-0.39, 0.29) is 5.78 Å². The molecule has 0 fully saturated rings. The monoisotopic (exact) mass is 354 g/mol. The molecule has 0 amide bonds. The second kappa shape index (κ2) is 6.55. The van der Waals surface area contributed by atoms with Gasteiger partial charge in [-0.15, -0.1) is 0 Å². The minimum Gasteiger partial charge on any atom is -0.299 e. The molecule has 0 aliphatic rings. The smallest absolute Gasteiger partial charge is 0.143 e. The molecule has 3 nitrogen and oxygen atoms in total. The Labute approximate surface area is 132 Å². The number of Topliss-reactive ketones (excluding diaryl/α,β-unsaturated/α-hetero) is 1. The lowest BCUT2D eigenvalue weighted by Crippen LogP contribution is -2.10. The van der Waals surface area contributed by atoms with E-state index in [0.29, 0.717) is 17.9 Å². The average molecular weight is 356 g/mol. The van der Waals surface area contributed by atoms with Gasteiger partial charge in [-0.25, -0.2) is 0 Å². The number of hydrogen-bond acceptors (Lipinski definition) is 2. The molecule has 106 valence electrons. The first kappa shape index (κ1) is 15.3. The number of rotatable bonds is 5. The molecule has 20 heavy (non-hydrogen) atoms. The van der Waals surface area contributed by atoms with Gasteiger partial charge in [0.15, 0.2) is 0 Å². The minimum atomic E-state index is 0.129. The molecule has 5 heteroatoms. The van der Waals surface area contributed by atoms with Crippen molar-refractivity contribution in [2.24, 2.45) is 7.05 Å². The number of aryl methyl sites for hydroxylation is 2. The van der Waals surface area contributed by atoms with Crippen molar-refractivity contribution in [3.05, 3.63) is 50.7 Å². The molecular formula is C15H16BrClN2O. The number of halogens is 2. The third kappa shape index (κ3) is 3.30. The molecule has 0 bridgehead atoms. The molecule has 2 rings (SSSR count). The van der Waals surface area contributed by atoms with E-state index in [0.717, 1.165) is 27.8 Å². The van der Waals surface area contributed by atoms with E-state index in [1.807, 2.05) is 38.2 Å². The van der Waals surface area contributed by atoms with Crippen LogP contribution in [0.3, 0.4) is 0 Å². The number of benzene rings is 1. The van der Waals surface area contributed by atoms with Crippen molar-refractivity contribution in [2.75, 3.05) is 0 Å². The number of aromatic nitrogens is 2. The van der Waals surface area contributed by atoms with Crippen molar-refractivity contribution in [1.82, 2.24) is 9.78 Å². The number of carbonyl (C=O) groups excluding carboxylic acids is 1. The molecule has 1 aromatic carbocycles. The molecule has 0 aliphatic heterocycles. The van der Waals surface area contributed by atoms with Crippen molar-refractivity contribution in [1.29, 1.82) is 0 Å². The van der Waals surface area contributed by atoms with Crippen LogP contribution in [0.4, 0.5) is 0 Å². The van der Waals surface area contributed by atoms with Crippen molar-refractivity contribution in [3.63, 3.8) is 0 Å². The van der Waals surface area contributed by atoms with Crippen LogP contribution in [0.1, 0.15) is 23.9 Å². The van der Waals surface area contributed by atoms with E-state index in [2.05, 4.69) is 21.0 Å². The summed E-state index contributed by atoms with van der Waals surface area (Å²) in [5, 5.41) is 4.95. The maximum atomic E-state index is 12.2. The van der Waals surface area contributed by atoms with Gasteiger partial charge in [0, 0.05) is 17.9 Å². The molecular weight excluding hydrogens is 340 g/mol. The van der Waals surface area contributed by atoms with Crippen LogP contribution in [0, 0.1) is 0 Å². The van der Waals surface area contributed by atoms with Gasteiger partial charge in [0.2, 0.25) is 0 Å². The molecule has 0 aliphatic carbocycles. The Kier molecular flexibility index (Phi) is 5.00. The van der Waals surface area contributed by atoms with Crippen molar-refractivity contribution < 1.29 is 4.79 Å². The van der Waals surface area contributed by atoms with E-state index in [4.69, 9.17) is 11.6 Å². The lowest BCUT2D eigenvalue weighted by atomic mass is 10.1. The third-order valence-corrected chi connectivity index (χ3v) is 4.42. The van der Waals surface area contributed by atoms with Gasteiger partial charge in [-0.05, 0) is 18.1 Å². The zero-order valence-corrected chi connectivity index (χ0v) is 13.8. The fourth-order valence-corrected chi connectivity index (χ4v) is 2.90. The molecule has 1 aromatic heterocycles. The predicted octanol–water partition coefficient (Wildman–Crippen LogP) is 3.75. The molecule has 0 saturated carbocycles. The standard InChI is InChI=1S/C15H16BrClN2O/c1-3-13-15(17)14(19(2)18-13)9-11(20)8-10-6-4-5-7-12(10)16/h4-7H,3,8-9H2,1-2H3. The lowest BCUT2D eigenvalue weighted by Gasteiger charge is -2.05. The summed E-state index contributed by atoms with van der Waals surface area (Å²) in [4.78, 5) is 12.2. The number of ketones is 1. The van der Waals surface area contributed by atoms with Crippen molar-refractivity contribution in [2.45, 2.75) is 26.2 Å². The molecule has 0 atom stereocenters. The zero-order chi connectivity index (χ0) is 14.7. The zero-order valence-electron chi connectivity index (χ0n) is 11.5. The van der Waals surface area contributed by atoms with Crippen LogP contribution < -0.4 is 0 Å². The highest BCUT2D eigenvalue weighted by molar-refractivity contribution is 9.10. The summed E-state index contributed by atoms with van der Waals surface area (Å²) in [7, 11) is 1.83. The molecule has 1 heterocycles. The second-order valence-electron chi connectivity index (χ2n) is 4.67. The fraction of sp³-hybridized carbons (Fsp3) is 0.333. The van der Waals surface area contributed by atoms with Gasteiger partial charge in [0.05, 0.1) is 22.8 Å². The van der Waals surface area contributed by atoms with Gasteiger partial charge < -0.3 is 0 Å². The Hall–Kier alpha value is -1.13. The van der Waals surface area contributed by atoms with Crippen LogP contribution in [0.5, 0.6) is 0 Å². The Morgan fingerprint density at radius 1 is 1.35 bits per heavy atom. The van der Waals surface area contributed by atoms with Crippen LogP contribution in [0.25, 0.3) is 0 Å². The van der Waals surface area contributed by atoms with E-state index < -0.39 is 0 Å². The molecule has 0 unspecified atom stereocenters. The van der Waals surface area contributed by atoms with E-state index in [9.17, 15) is 4.79 Å². The summed E-state index contributed by atoms with van der Waals surface area (Å²) in [6.45, 7) is 2.00. The SMILES string of the molecule is CCc1nn(C)c(CC(=O)Cc2ccccc2Br)c1Cl. The average Bonchev–Trinajstić information content (AvgIpc) is 2.69. The Balaban J connectivity index is 2.13. The van der Waals surface area contributed by atoms with Crippen LogP contribution >= 0.6 is 27.5 Å². The van der Waals surface area contributed by atoms with Crippen LogP contribution in [-0.2, 0) is 31.1 Å². The quantitative estimate of drug-likeness (QED) is 0.818. The highest BCUT2D eigenvalue weighted by Gasteiger charge is 2.16. The van der Waals surface area contributed by atoms with Crippen molar-refractivity contribution in [3.8, 4) is 0 Å². The first-order valence-electron chi connectivity index (χ1n) is 6.48. The number of hydrogen-bond donors (Lipinski definition) is 0. The predicted molar refractivity (Wildman–Crippen MR) is 84.2 cm³/mol. The minimum absolute atomic E-state index is 0.129. The van der Waals surface area contributed by atoms with Gasteiger partial charge in [-0.3, -0.25) is 9.48 Å². The largest absolute Gasteiger partial charge is 0.299 e. The summed E-state index contributed by atoms with van der Waals surface area (Å²) < 4.78 is 2.66. The van der Waals surface area contributed by atoms with Gasteiger partial charge in [-0.2, -0.15) is 5.10 Å². The summed E-state index contributed by atoms with van der Waals surface area (Å²) in [6.07, 6.45) is 1.47. The first-order valence-corrected chi connectivity index (χ1v) is 7.65. The molecule has 0 saturated heterocycles. The molecule has 0 spiro atoms. The molecule has 0 radical (unpaired) electrons. The lowest BCUT2D eigenvalue weighted by molar-refractivity contribution is -0.117. The van der Waals surface area contributed by atoms with Gasteiger partial charge in [-0.1, -0.05) is 52.7 Å².